The van der Waals surface area contributed by atoms with Crippen molar-refractivity contribution in [1.82, 2.24) is 0 Å². The van der Waals surface area contributed by atoms with E-state index in [9.17, 15) is 4.39 Å². The van der Waals surface area contributed by atoms with Crippen LogP contribution in [0.4, 0.5) is 10.1 Å². The lowest BCUT2D eigenvalue weighted by atomic mass is 10.0. The molecule has 0 aliphatic heterocycles. The monoisotopic (exact) mass is 343 g/mol. The average molecular weight is 344 g/mol. The van der Waals surface area contributed by atoms with Gasteiger partial charge in [0, 0.05) is 18.7 Å². The van der Waals surface area contributed by atoms with Crippen LogP contribution in [0.1, 0.15) is 39.2 Å². The van der Waals surface area contributed by atoms with Gasteiger partial charge in [-0.15, -0.1) is 0 Å². The number of halogens is 2. The van der Waals surface area contributed by atoms with Crippen LogP contribution in [-0.4, -0.2) is 18.9 Å². The summed E-state index contributed by atoms with van der Waals surface area (Å²) in [4.78, 5) is 2.04. The highest BCUT2D eigenvalue weighted by Crippen LogP contribution is 2.30. The number of rotatable bonds is 7. The smallest absolute Gasteiger partial charge is 0.161 e. The third-order valence-corrected chi connectivity index (χ3v) is 4.48. The Labute approximate surface area is 129 Å². The van der Waals surface area contributed by atoms with E-state index in [1.807, 2.05) is 11.8 Å². The highest BCUT2D eigenvalue weighted by atomic mass is 79.9. The van der Waals surface area contributed by atoms with Crippen molar-refractivity contribution in [2.24, 2.45) is 11.7 Å². The summed E-state index contributed by atoms with van der Waals surface area (Å²) in [6.07, 6.45) is 2.17. The molecule has 0 unspecified atom stereocenters. The number of nitrogen functional groups attached to an aromatic ring is 1. The van der Waals surface area contributed by atoms with E-state index in [0.717, 1.165) is 25.9 Å². The van der Waals surface area contributed by atoms with Gasteiger partial charge in [0.2, 0.25) is 0 Å². The molecule has 0 aliphatic carbocycles. The molecule has 0 atom stereocenters. The van der Waals surface area contributed by atoms with E-state index in [2.05, 4.69) is 29.8 Å². The summed E-state index contributed by atoms with van der Waals surface area (Å²) >= 11 is 3.21. The van der Waals surface area contributed by atoms with Crippen LogP contribution in [0.25, 0.3) is 0 Å². The van der Waals surface area contributed by atoms with E-state index in [4.69, 9.17) is 11.1 Å². The molecule has 0 heterocycles. The summed E-state index contributed by atoms with van der Waals surface area (Å²) in [6.45, 7) is 7.93. The molecule has 5 heteroatoms. The van der Waals surface area contributed by atoms with Crippen LogP contribution in [0.2, 0.25) is 0 Å². The Morgan fingerprint density at radius 3 is 2.40 bits per heavy atom. The summed E-state index contributed by atoms with van der Waals surface area (Å²) in [5.41, 5.74) is 6.40. The van der Waals surface area contributed by atoms with Gasteiger partial charge < -0.3 is 10.6 Å². The van der Waals surface area contributed by atoms with Crippen LogP contribution in [0.5, 0.6) is 0 Å². The quantitative estimate of drug-likeness (QED) is 0.577. The van der Waals surface area contributed by atoms with Gasteiger partial charge in [-0.05, 0) is 40.9 Å². The maximum Gasteiger partial charge on any atom is 0.161 e. The molecule has 0 saturated heterocycles. The van der Waals surface area contributed by atoms with Crippen molar-refractivity contribution in [2.75, 3.05) is 18.0 Å². The van der Waals surface area contributed by atoms with Gasteiger partial charge in [-0.3, -0.25) is 5.41 Å². The maximum atomic E-state index is 14.5. The Hall–Kier alpha value is -1.10. The topological polar surface area (TPSA) is 53.1 Å². The molecule has 0 radical (unpaired) electrons. The minimum atomic E-state index is -0.342. The van der Waals surface area contributed by atoms with E-state index in [0.29, 0.717) is 17.2 Å². The fourth-order valence-electron chi connectivity index (χ4n) is 2.25. The molecule has 0 amide bonds. The second kappa shape index (κ2) is 7.62. The molecule has 0 aliphatic rings. The van der Waals surface area contributed by atoms with E-state index in [1.54, 1.807) is 12.1 Å². The van der Waals surface area contributed by atoms with Crippen molar-refractivity contribution >= 4 is 27.5 Å². The molecule has 1 rings (SSSR count). The maximum absolute atomic E-state index is 14.5. The molecular weight excluding hydrogens is 321 g/mol. The summed E-state index contributed by atoms with van der Waals surface area (Å²) in [5, 5.41) is 7.44. The third-order valence-electron chi connectivity index (χ3n) is 3.71. The first kappa shape index (κ1) is 17.0. The fourth-order valence-corrected chi connectivity index (χ4v) is 2.80. The van der Waals surface area contributed by atoms with Crippen molar-refractivity contribution in [3.05, 3.63) is 28.0 Å². The van der Waals surface area contributed by atoms with Gasteiger partial charge in [-0.2, -0.15) is 0 Å². The van der Waals surface area contributed by atoms with E-state index in [1.165, 1.54) is 0 Å². The lowest BCUT2D eigenvalue weighted by Crippen LogP contribution is -2.30. The van der Waals surface area contributed by atoms with Gasteiger partial charge in [0.1, 0.15) is 5.84 Å². The zero-order valence-electron chi connectivity index (χ0n) is 12.3. The molecule has 0 aromatic heterocycles. The van der Waals surface area contributed by atoms with Crippen LogP contribution < -0.4 is 10.6 Å². The zero-order valence-corrected chi connectivity index (χ0v) is 13.9. The number of hydrogen-bond acceptors (Lipinski definition) is 2. The first-order valence-corrected chi connectivity index (χ1v) is 7.82. The molecule has 0 bridgehead atoms. The number of nitrogens with two attached hydrogens (primary N) is 1. The molecular formula is C15H23BrFN3. The Kier molecular flexibility index (Phi) is 6.46. The van der Waals surface area contributed by atoms with Crippen LogP contribution in [0.15, 0.2) is 16.6 Å². The van der Waals surface area contributed by atoms with E-state index >= 15 is 0 Å². The minimum Gasteiger partial charge on any atom is -0.384 e. The van der Waals surface area contributed by atoms with Gasteiger partial charge >= 0.3 is 0 Å². The number of nitrogens with one attached hydrogen (secondary N) is 1. The van der Waals surface area contributed by atoms with E-state index in [-0.39, 0.29) is 16.1 Å². The number of benzene rings is 1. The Bertz CT molecular complexity index is 472. The molecule has 0 spiro atoms. The second-order valence-corrected chi connectivity index (χ2v) is 5.69. The standard InChI is InChI=1S/C15H23BrFN3/c1-4-10(5-2)9-20(6-3)12-8-7-11(15(18)19)13(16)14(12)17/h7-8,10H,4-6,9H2,1-3H3,(H3,18,19). The molecule has 3 N–H and O–H groups in total. The molecule has 1 aromatic carbocycles. The SMILES string of the molecule is CCC(CC)CN(CC)c1ccc(C(=N)N)c(Br)c1F. The van der Waals surface area contributed by atoms with Crippen molar-refractivity contribution < 1.29 is 4.39 Å². The van der Waals surface area contributed by atoms with Crippen LogP contribution in [0.3, 0.4) is 0 Å². The number of hydrogen-bond donors (Lipinski definition) is 2. The van der Waals surface area contributed by atoms with Gasteiger partial charge in [0.05, 0.1) is 10.2 Å². The van der Waals surface area contributed by atoms with Crippen LogP contribution in [-0.2, 0) is 0 Å². The lowest BCUT2D eigenvalue weighted by Gasteiger charge is -2.28. The minimum absolute atomic E-state index is 0.134. The van der Waals surface area contributed by atoms with Crippen molar-refractivity contribution in [1.29, 1.82) is 5.41 Å². The largest absolute Gasteiger partial charge is 0.384 e. The van der Waals surface area contributed by atoms with Gasteiger partial charge in [0.15, 0.2) is 5.82 Å². The zero-order chi connectivity index (χ0) is 15.3. The lowest BCUT2D eigenvalue weighted by molar-refractivity contribution is 0.481. The number of nitrogens with zero attached hydrogens (tertiary/aromatic N) is 1. The third kappa shape index (κ3) is 3.72. The van der Waals surface area contributed by atoms with Gasteiger partial charge in [-0.25, -0.2) is 4.39 Å². The first-order chi connectivity index (χ1) is 9.46. The van der Waals surface area contributed by atoms with E-state index < -0.39 is 0 Å². The summed E-state index contributed by atoms with van der Waals surface area (Å²) in [5.74, 6) is 0.0801. The summed E-state index contributed by atoms with van der Waals surface area (Å²) < 4.78 is 14.7. The molecule has 3 nitrogen and oxygen atoms in total. The number of amidine groups is 1. The molecule has 0 fully saturated rings. The molecule has 1 aromatic rings. The first-order valence-electron chi connectivity index (χ1n) is 7.03. The second-order valence-electron chi connectivity index (χ2n) is 4.90. The Morgan fingerprint density at radius 1 is 1.35 bits per heavy atom. The predicted octanol–water partition coefficient (Wildman–Crippen LogP) is 4.13. The Balaban J connectivity index is 3.10. The van der Waals surface area contributed by atoms with Crippen molar-refractivity contribution in [3.8, 4) is 0 Å². The highest BCUT2D eigenvalue weighted by Gasteiger charge is 2.18. The average Bonchev–Trinajstić information content (AvgIpc) is 2.43. The summed E-state index contributed by atoms with van der Waals surface area (Å²) in [7, 11) is 0. The van der Waals surface area contributed by atoms with Crippen molar-refractivity contribution in [3.63, 3.8) is 0 Å². The highest BCUT2D eigenvalue weighted by molar-refractivity contribution is 9.10. The van der Waals surface area contributed by atoms with Crippen LogP contribution >= 0.6 is 15.9 Å². The normalized spacial score (nSPS) is 10.9. The summed E-state index contributed by atoms with van der Waals surface area (Å²) in [6, 6.07) is 3.41. The van der Waals surface area contributed by atoms with Crippen molar-refractivity contribution in [2.45, 2.75) is 33.6 Å². The number of anilines is 1. The van der Waals surface area contributed by atoms with Gasteiger partial charge in [-0.1, -0.05) is 26.7 Å². The Morgan fingerprint density at radius 2 is 1.95 bits per heavy atom. The van der Waals surface area contributed by atoms with Gasteiger partial charge in [0.25, 0.3) is 0 Å². The van der Waals surface area contributed by atoms with Crippen LogP contribution in [0, 0.1) is 17.1 Å². The predicted molar refractivity (Wildman–Crippen MR) is 87.1 cm³/mol. The molecule has 0 saturated carbocycles. The molecule has 112 valence electrons. The fraction of sp³-hybridized carbons (Fsp3) is 0.533. The molecule has 20 heavy (non-hydrogen) atoms.